The first-order valence-corrected chi connectivity index (χ1v) is 11.8. The van der Waals surface area contributed by atoms with Gasteiger partial charge in [-0.2, -0.15) is 16.4 Å². The Hall–Kier alpha value is -4.15. The Morgan fingerprint density at radius 1 is 1.00 bits per heavy atom. The van der Waals surface area contributed by atoms with Gasteiger partial charge in [0.15, 0.2) is 5.65 Å². The molecule has 6 aromatic heterocycles. The molecule has 9 nitrogen and oxygen atoms in total. The van der Waals surface area contributed by atoms with E-state index < -0.39 is 0 Å². The van der Waals surface area contributed by atoms with Crippen LogP contribution in [0.5, 0.6) is 0 Å². The highest BCUT2D eigenvalue weighted by Crippen LogP contribution is 2.34. The number of hydrogen-bond acceptors (Lipinski definition) is 8. The summed E-state index contributed by atoms with van der Waals surface area (Å²) >= 11 is 1.66. The van der Waals surface area contributed by atoms with E-state index in [1.54, 1.807) is 29.9 Å². The average Bonchev–Trinajstić information content (AvgIpc) is 3.60. The van der Waals surface area contributed by atoms with Crippen molar-refractivity contribution in [2.24, 2.45) is 5.73 Å². The predicted molar refractivity (Wildman–Crippen MR) is 134 cm³/mol. The molecule has 166 valence electrons. The van der Waals surface area contributed by atoms with Crippen LogP contribution >= 0.6 is 11.3 Å². The third kappa shape index (κ3) is 3.07. The molecule has 34 heavy (non-hydrogen) atoms. The predicted octanol–water partition coefficient (Wildman–Crippen LogP) is 3.83. The van der Waals surface area contributed by atoms with Gasteiger partial charge in [0.25, 0.3) is 0 Å². The zero-order valence-corrected chi connectivity index (χ0v) is 18.8. The smallest absolute Gasteiger partial charge is 0.155 e. The van der Waals surface area contributed by atoms with Gasteiger partial charge in [-0.1, -0.05) is 0 Å². The third-order valence-electron chi connectivity index (χ3n) is 6.17. The number of rotatable bonds is 4. The summed E-state index contributed by atoms with van der Waals surface area (Å²) in [6.07, 6.45) is 7.15. The Kier molecular flexibility index (Phi) is 4.23. The second-order valence-corrected chi connectivity index (χ2v) is 9.22. The number of fused-ring (bicyclic) bond motifs is 2. The van der Waals surface area contributed by atoms with Crippen LogP contribution in [0.1, 0.15) is 0 Å². The lowest BCUT2D eigenvalue weighted by Crippen LogP contribution is -2.56. The number of nitrogens with zero attached hydrogens (tertiary/aromatic N) is 6. The SMILES string of the molecule is NC1CN(c2cncc(-c3cnc4[nH]nc(-c5cc6c(-c7ccsc7)nccc6[nH]5)c4c3)n2)C1. The second kappa shape index (κ2) is 7.44. The van der Waals surface area contributed by atoms with Gasteiger partial charge < -0.3 is 15.6 Å². The monoisotopic (exact) mass is 465 g/mol. The van der Waals surface area contributed by atoms with Gasteiger partial charge in [-0.15, -0.1) is 0 Å². The lowest BCUT2D eigenvalue weighted by Gasteiger charge is -2.37. The number of thiophene rings is 1. The zero-order chi connectivity index (χ0) is 22.6. The van der Waals surface area contributed by atoms with Crippen molar-refractivity contribution in [2.45, 2.75) is 6.04 Å². The summed E-state index contributed by atoms with van der Waals surface area (Å²) in [7, 11) is 0. The van der Waals surface area contributed by atoms with Crippen LogP contribution in [0.15, 0.2) is 59.8 Å². The van der Waals surface area contributed by atoms with Crippen molar-refractivity contribution in [1.82, 2.24) is 35.1 Å². The van der Waals surface area contributed by atoms with E-state index in [2.05, 4.69) is 64.0 Å². The number of aromatic nitrogens is 7. The lowest BCUT2D eigenvalue weighted by molar-refractivity contribution is 0.514. The molecule has 1 fully saturated rings. The molecule has 6 aromatic rings. The van der Waals surface area contributed by atoms with Gasteiger partial charge in [-0.05, 0) is 29.6 Å². The summed E-state index contributed by atoms with van der Waals surface area (Å²) < 4.78 is 0. The van der Waals surface area contributed by atoms with E-state index in [-0.39, 0.29) is 6.04 Å². The van der Waals surface area contributed by atoms with E-state index >= 15 is 0 Å². The molecular formula is C24H19N9S. The first kappa shape index (κ1) is 19.3. The van der Waals surface area contributed by atoms with Crippen molar-refractivity contribution in [3.05, 3.63) is 59.8 Å². The van der Waals surface area contributed by atoms with Crippen LogP contribution in [-0.2, 0) is 0 Å². The number of pyridine rings is 2. The van der Waals surface area contributed by atoms with Crippen molar-refractivity contribution in [3.63, 3.8) is 0 Å². The fourth-order valence-electron chi connectivity index (χ4n) is 4.41. The Morgan fingerprint density at radius 3 is 2.79 bits per heavy atom. The van der Waals surface area contributed by atoms with E-state index in [1.165, 1.54) is 0 Å². The van der Waals surface area contributed by atoms with Gasteiger partial charge in [0.1, 0.15) is 11.5 Å². The summed E-state index contributed by atoms with van der Waals surface area (Å²) in [6, 6.07) is 8.42. The van der Waals surface area contributed by atoms with Crippen LogP contribution in [0.4, 0.5) is 5.82 Å². The Balaban J connectivity index is 1.31. The number of nitrogens with one attached hydrogen (secondary N) is 2. The van der Waals surface area contributed by atoms with Gasteiger partial charge in [0.2, 0.25) is 0 Å². The molecule has 1 aliphatic rings. The highest BCUT2D eigenvalue weighted by Gasteiger charge is 2.25. The molecule has 0 saturated carbocycles. The minimum absolute atomic E-state index is 0.198. The van der Waals surface area contributed by atoms with Crippen LogP contribution in [0, 0.1) is 0 Å². The lowest BCUT2D eigenvalue weighted by atomic mass is 10.1. The first-order chi connectivity index (χ1) is 16.7. The minimum atomic E-state index is 0.198. The maximum Gasteiger partial charge on any atom is 0.155 e. The van der Waals surface area contributed by atoms with Crippen molar-refractivity contribution in [2.75, 3.05) is 18.0 Å². The van der Waals surface area contributed by atoms with Crippen molar-refractivity contribution in [3.8, 4) is 33.9 Å². The van der Waals surface area contributed by atoms with Gasteiger partial charge in [0.05, 0.1) is 29.5 Å². The maximum absolute atomic E-state index is 5.93. The van der Waals surface area contributed by atoms with Crippen molar-refractivity contribution in [1.29, 1.82) is 0 Å². The Bertz CT molecular complexity index is 1640. The number of hydrogen-bond donors (Lipinski definition) is 3. The van der Waals surface area contributed by atoms with E-state index in [4.69, 9.17) is 10.7 Å². The summed E-state index contributed by atoms with van der Waals surface area (Å²) in [6.45, 7) is 1.59. The van der Waals surface area contributed by atoms with Gasteiger partial charge in [-0.25, -0.2) is 9.97 Å². The Labute approximate surface area is 197 Å². The fourth-order valence-corrected chi connectivity index (χ4v) is 5.05. The van der Waals surface area contributed by atoms with Crippen LogP contribution in [-0.4, -0.2) is 54.2 Å². The quantitative estimate of drug-likeness (QED) is 0.361. The molecule has 0 aliphatic carbocycles. The topological polar surface area (TPSA) is 125 Å². The maximum atomic E-state index is 5.93. The molecule has 0 bridgehead atoms. The zero-order valence-electron chi connectivity index (χ0n) is 17.9. The molecular weight excluding hydrogens is 446 g/mol. The summed E-state index contributed by atoms with van der Waals surface area (Å²) in [5, 5.41) is 13.8. The highest BCUT2D eigenvalue weighted by atomic mass is 32.1. The van der Waals surface area contributed by atoms with Gasteiger partial charge >= 0.3 is 0 Å². The number of H-pyrrole nitrogens is 2. The molecule has 0 aromatic carbocycles. The minimum Gasteiger partial charge on any atom is -0.353 e. The third-order valence-corrected chi connectivity index (χ3v) is 6.85. The first-order valence-electron chi connectivity index (χ1n) is 10.9. The van der Waals surface area contributed by atoms with Crippen molar-refractivity contribution < 1.29 is 0 Å². The molecule has 1 saturated heterocycles. The summed E-state index contributed by atoms with van der Waals surface area (Å²) in [5.41, 5.74) is 13.1. The largest absolute Gasteiger partial charge is 0.353 e. The molecule has 7 rings (SSSR count). The van der Waals surface area contributed by atoms with E-state index in [0.29, 0.717) is 5.65 Å². The van der Waals surface area contributed by atoms with Crippen LogP contribution in [0.3, 0.4) is 0 Å². The molecule has 0 amide bonds. The summed E-state index contributed by atoms with van der Waals surface area (Å²) in [5.74, 6) is 0.829. The molecule has 4 N–H and O–H groups in total. The number of aromatic amines is 2. The molecule has 7 heterocycles. The molecule has 10 heteroatoms. The molecule has 0 atom stereocenters. The normalized spacial score (nSPS) is 14.2. The number of nitrogens with two attached hydrogens (primary N) is 1. The molecule has 1 aliphatic heterocycles. The number of anilines is 1. The second-order valence-electron chi connectivity index (χ2n) is 8.44. The standard InChI is InChI=1S/C24H19N9S/c25-15-10-33(11-15)21-9-26-8-20(30-21)14-5-17-23(31-32-24(17)28-7-14)19-6-16-18(29-19)1-3-27-22(16)13-2-4-34-12-13/h1-9,12,15,29H,10-11,25H2,(H,28,31,32). The molecule has 0 radical (unpaired) electrons. The average molecular weight is 466 g/mol. The van der Waals surface area contributed by atoms with Crippen LogP contribution in [0.25, 0.3) is 55.8 Å². The van der Waals surface area contributed by atoms with E-state index in [9.17, 15) is 0 Å². The summed E-state index contributed by atoms with van der Waals surface area (Å²) in [4.78, 5) is 24.0. The van der Waals surface area contributed by atoms with Crippen molar-refractivity contribution >= 4 is 39.1 Å². The van der Waals surface area contributed by atoms with Gasteiger partial charge in [-0.3, -0.25) is 15.1 Å². The Morgan fingerprint density at radius 2 is 1.94 bits per heavy atom. The molecule has 0 unspecified atom stereocenters. The highest BCUT2D eigenvalue weighted by molar-refractivity contribution is 7.08. The van der Waals surface area contributed by atoms with Gasteiger partial charge in [0, 0.05) is 64.3 Å². The van der Waals surface area contributed by atoms with E-state index in [0.717, 1.165) is 69.1 Å². The van der Waals surface area contributed by atoms with Crippen LogP contribution in [0.2, 0.25) is 0 Å². The fraction of sp³-hybridized carbons (Fsp3) is 0.125. The van der Waals surface area contributed by atoms with Crippen LogP contribution < -0.4 is 10.6 Å². The molecule has 0 spiro atoms. The van der Waals surface area contributed by atoms with E-state index in [1.807, 2.05) is 12.3 Å².